The topological polar surface area (TPSA) is 105 Å². The Kier molecular flexibility index (Phi) is 4.36. The SMILES string of the molecule is COC(=O)c1ccc(NCC(C)(O)CO)nn1. The number of aliphatic hydroxyl groups is 2. The number of hydrogen-bond donors (Lipinski definition) is 3. The second-order valence-electron chi connectivity index (χ2n) is 3.80. The number of aliphatic hydroxyl groups excluding tert-OH is 1. The summed E-state index contributed by atoms with van der Waals surface area (Å²) in [4.78, 5) is 11.1. The van der Waals surface area contributed by atoms with Gasteiger partial charge in [0.2, 0.25) is 0 Å². The van der Waals surface area contributed by atoms with Gasteiger partial charge in [0.05, 0.1) is 13.7 Å². The van der Waals surface area contributed by atoms with Crippen LogP contribution in [0.3, 0.4) is 0 Å². The van der Waals surface area contributed by atoms with Gasteiger partial charge in [-0.3, -0.25) is 0 Å². The van der Waals surface area contributed by atoms with Crippen LogP contribution in [0.5, 0.6) is 0 Å². The van der Waals surface area contributed by atoms with Crippen LogP contribution in [0.4, 0.5) is 5.82 Å². The number of hydrogen-bond acceptors (Lipinski definition) is 7. The highest BCUT2D eigenvalue weighted by atomic mass is 16.5. The lowest BCUT2D eigenvalue weighted by atomic mass is 10.1. The number of anilines is 1. The summed E-state index contributed by atoms with van der Waals surface area (Å²) in [5.41, 5.74) is -1.13. The van der Waals surface area contributed by atoms with E-state index in [0.29, 0.717) is 5.82 Å². The van der Waals surface area contributed by atoms with Gasteiger partial charge >= 0.3 is 5.97 Å². The molecule has 1 unspecified atom stereocenters. The van der Waals surface area contributed by atoms with E-state index in [9.17, 15) is 9.90 Å². The Morgan fingerprint density at radius 3 is 2.71 bits per heavy atom. The lowest BCUT2D eigenvalue weighted by molar-refractivity contribution is 0.0131. The van der Waals surface area contributed by atoms with Crippen LogP contribution in [0.1, 0.15) is 17.4 Å². The quantitative estimate of drug-likeness (QED) is 0.592. The number of rotatable bonds is 5. The zero-order valence-electron chi connectivity index (χ0n) is 9.67. The summed E-state index contributed by atoms with van der Waals surface area (Å²) < 4.78 is 4.47. The van der Waals surface area contributed by atoms with Gasteiger partial charge in [0.1, 0.15) is 11.4 Å². The fraction of sp³-hybridized carbons (Fsp3) is 0.500. The third-order valence-corrected chi connectivity index (χ3v) is 2.05. The highest BCUT2D eigenvalue weighted by Gasteiger charge is 2.18. The lowest BCUT2D eigenvalue weighted by Gasteiger charge is -2.20. The van der Waals surface area contributed by atoms with Crippen molar-refractivity contribution in [2.75, 3.05) is 25.6 Å². The molecule has 0 aromatic carbocycles. The summed E-state index contributed by atoms with van der Waals surface area (Å²) in [6.45, 7) is 1.24. The molecule has 1 aromatic heterocycles. The average molecular weight is 241 g/mol. The Morgan fingerprint density at radius 1 is 1.53 bits per heavy atom. The molecule has 0 aliphatic rings. The molecule has 0 bridgehead atoms. The van der Waals surface area contributed by atoms with E-state index < -0.39 is 11.6 Å². The Balaban J connectivity index is 2.60. The van der Waals surface area contributed by atoms with Crippen molar-refractivity contribution < 1.29 is 19.7 Å². The molecule has 0 aliphatic heterocycles. The highest BCUT2D eigenvalue weighted by molar-refractivity contribution is 5.86. The molecule has 0 radical (unpaired) electrons. The first-order valence-corrected chi connectivity index (χ1v) is 4.97. The van der Waals surface area contributed by atoms with Gasteiger partial charge in [-0.2, -0.15) is 0 Å². The fourth-order valence-corrected chi connectivity index (χ4v) is 0.977. The minimum Gasteiger partial charge on any atom is -0.464 e. The third kappa shape index (κ3) is 3.97. The van der Waals surface area contributed by atoms with Crippen LogP contribution < -0.4 is 5.32 Å². The molecule has 3 N–H and O–H groups in total. The summed E-state index contributed by atoms with van der Waals surface area (Å²) >= 11 is 0. The van der Waals surface area contributed by atoms with Crippen LogP contribution in [0.2, 0.25) is 0 Å². The van der Waals surface area contributed by atoms with Crippen LogP contribution in [0.15, 0.2) is 12.1 Å². The molecule has 0 spiro atoms. The van der Waals surface area contributed by atoms with Crippen LogP contribution >= 0.6 is 0 Å². The zero-order chi connectivity index (χ0) is 12.9. The molecule has 1 atom stereocenters. The van der Waals surface area contributed by atoms with Crippen molar-refractivity contribution in [3.05, 3.63) is 17.8 Å². The number of methoxy groups -OCH3 is 1. The molecule has 0 amide bonds. The normalized spacial score (nSPS) is 13.9. The molecule has 0 fully saturated rings. The molecule has 1 aromatic rings. The number of nitrogens with one attached hydrogen (secondary N) is 1. The average Bonchev–Trinajstić information content (AvgIpc) is 2.36. The second-order valence-corrected chi connectivity index (χ2v) is 3.80. The molecular weight excluding hydrogens is 226 g/mol. The van der Waals surface area contributed by atoms with E-state index in [1.165, 1.54) is 26.2 Å². The second kappa shape index (κ2) is 5.55. The van der Waals surface area contributed by atoms with E-state index in [4.69, 9.17) is 5.11 Å². The van der Waals surface area contributed by atoms with Gasteiger partial charge in [-0.1, -0.05) is 0 Å². The van der Waals surface area contributed by atoms with Gasteiger partial charge in [-0.15, -0.1) is 10.2 Å². The summed E-state index contributed by atoms with van der Waals surface area (Å²) in [5.74, 6) is -0.169. The standard InChI is InChI=1S/C10H15N3O4/c1-10(16,6-14)5-11-8-4-3-7(12-13-8)9(15)17-2/h3-4,14,16H,5-6H2,1-2H3,(H,11,13). The van der Waals surface area contributed by atoms with Gasteiger partial charge in [0, 0.05) is 6.54 Å². The predicted molar refractivity (Wildman–Crippen MR) is 59.6 cm³/mol. The molecule has 1 heterocycles. The van der Waals surface area contributed by atoms with Crippen LogP contribution in [-0.2, 0) is 4.74 Å². The van der Waals surface area contributed by atoms with Gasteiger partial charge < -0.3 is 20.3 Å². The first-order chi connectivity index (χ1) is 7.98. The number of carbonyl (C=O) groups excluding carboxylic acids is 1. The van der Waals surface area contributed by atoms with Crippen molar-refractivity contribution in [3.63, 3.8) is 0 Å². The van der Waals surface area contributed by atoms with Crippen molar-refractivity contribution >= 4 is 11.8 Å². The highest BCUT2D eigenvalue weighted by Crippen LogP contribution is 2.06. The van der Waals surface area contributed by atoms with E-state index in [1.807, 2.05) is 0 Å². The number of esters is 1. The number of nitrogens with zero attached hydrogens (tertiary/aromatic N) is 2. The van der Waals surface area contributed by atoms with Crippen molar-refractivity contribution in [3.8, 4) is 0 Å². The van der Waals surface area contributed by atoms with Crippen molar-refractivity contribution in [1.29, 1.82) is 0 Å². The van der Waals surface area contributed by atoms with E-state index in [0.717, 1.165) is 0 Å². The van der Waals surface area contributed by atoms with E-state index >= 15 is 0 Å². The Morgan fingerprint density at radius 2 is 2.24 bits per heavy atom. The summed E-state index contributed by atoms with van der Waals surface area (Å²) in [5, 5.41) is 28.5. The first kappa shape index (κ1) is 13.3. The minimum absolute atomic E-state index is 0.104. The molecule has 0 saturated carbocycles. The van der Waals surface area contributed by atoms with E-state index in [1.54, 1.807) is 0 Å². The molecule has 17 heavy (non-hydrogen) atoms. The Bertz CT molecular complexity index is 378. The fourth-order valence-electron chi connectivity index (χ4n) is 0.977. The minimum atomic E-state index is -1.23. The molecule has 7 heteroatoms. The van der Waals surface area contributed by atoms with Gasteiger partial charge in [0.25, 0.3) is 0 Å². The molecule has 1 rings (SSSR count). The Hall–Kier alpha value is -1.73. The smallest absolute Gasteiger partial charge is 0.358 e. The Labute approximate surface area is 98.4 Å². The van der Waals surface area contributed by atoms with Crippen molar-refractivity contribution in [2.45, 2.75) is 12.5 Å². The number of carbonyl (C=O) groups is 1. The molecular formula is C10H15N3O4. The van der Waals surface area contributed by atoms with Crippen molar-refractivity contribution in [2.24, 2.45) is 0 Å². The number of aromatic nitrogens is 2. The zero-order valence-corrected chi connectivity index (χ0v) is 9.67. The van der Waals surface area contributed by atoms with E-state index in [-0.39, 0.29) is 18.8 Å². The lowest BCUT2D eigenvalue weighted by Crippen LogP contribution is -2.37. The van der Waals surface area contributed by atoms with Crippen LogP contribution in [0, 0.1) is 0 Å². The maximum atomic E-state index is 11.1. The van der Waals surface area contributed by atoms with Gasteiger partial charge in [-0.05, 0) is 19.1 Å². The van der Waals surface area contributed by atoms with Gasteiger partial charge in [-0.25, -0.2) is 4.79 Å². The maximum Gasteiger partial charge on any atom is 0.358 e. The summed E-state index contributed by atoms with van der Waals surface area (Å²) in [7, 11) is 1.26. The summed E-state index contributed by atoms with van der Waals surface area (Å²) in [6.07, 6.45) is 0. The third-order valence-electron chi connectivity index (χ3n) is 2.05. The van der Waals surface area contributed by atoms with Gasteiger partial charge in [0.15, 0.2) is 5.69 Å². The van der Waals surface area contributed by atoms with Crippen molar-refractivity contribution in [1.82, 2.24) is 10.2 Å². The van der Waals surface area contributed by atoms with Crippen LogP contribution in [0.25, 0.3) is 0 Å². The predicted octanol–water partition coefficient (Wildman–Crippen LogP) is -0.582. The summed E-state index contributed by atoms with van der Waals surface area (Å²) in [6, 6.07) is 2.99. The molecule has 0 saturated heterocycles. The monoisotopic (exact) mass is 241 g/mol. The molecule has 0 aliphatic carbocycles. The maximum absolute atomic E-state index is 11.1. The van der Waals surface area contributed by atoms with E-state index in [2.05, 4.69) is 20.3 Å². The molecule has 94 valence electrons. The number of ether oxygens (including phenoxy) is 1. The largest absolute Gasteiger partial charge is 0.464 e. The van der Waals surface area contributed by atoms with Crippen LogP contribution in [-0.4, -0.2) is 52.2 Å². The first-order valence-electron chi connectivity index (χ1n) is 4.97. The molecule has 7 nitrogen and oxygen atoms in total.